The van der Waals surface area contributed by atoms with Gasteiger partial charge in [0, 0.05) is 24.6 Å². The van der Waals surface area contributed by atoms with Crippen LogP contribution in [0.4, 0.5) is 11.4 Å². The lowest BCUT2D eigenvalue weighted by Crippen LogP contribution is -2.21. The lowest BCUT2D eigenvalue weighted by molar-refractivity contribution is -0.147. The summed E-state index contributed by atoms with van der Waals surface area (Å²) in [6.07, 6.45) is 0.409. The lowest BCUT2D eigenvalue weighted by atomic mass is 9.87. The fourth-order valence-corrected chi connectivity index (χ4v) is 3.70. The van der Waals surface area contributed by atoms with E-state index in [9.17, 15) is 14.4 Å². The minimum absolute atomic E-state index is 0.00393. The summed E-state index contributed by atoms with van der Waals surface area (Å²) in [5, 5.41) is 5.42. The number of ether oxygens (including phenoxy) is 4. The van der Waals surface area contributed by atoms with Crippen LogP contribution in [0.15, 0.2) is 66.7 Å². The standard InChI is InChI=1S/C31H36N2O7/c1-31(2,3)21-9-13-23(14-10-21)40-24-15-11-22(12-16-24)32-28(34)7-6-8-30(36)39-20-29(35)33-26-19-25(37-4)17-18-27(26)38-5/h9-19H,6-8,20H2,1-5H3,(H,32,34)(H,33,35). The molecule has 9 heteroatoms. The van der Waals surface area contributed by atoms with Crippen molar-refractivity contribution in [3.05, 3.63) is 72.3 Å². The van der Waals surface area contributed by atoms with Crippen LogP contribution in [-0.4, -0.2) is 38.6 Å². The van der Waals surface area contributed by atoms with Crippen molar-refractivity contribution < 1.29 is 33.3 Å². The maximum absolute atomic E-state index is 12.3. The van der Waals surface area contributed by atoms with Crippen molar-refractivity contribution in [3.63, 3.8) is 0 Å². The van der Waals surface area contributed by atoms with Crippen LogP contribution in [0.1, 0.15) is 45.6 Å². The third kappa shape index (κ3) is 9.34. The number of benzene rings is 3. The number of nitrogens with one attached hydrogen (secondary N) is 2. The van der Waals surface area contributed by atoms with Crippen molar-refractivity contribution in [2.24, 2.45) is 0 Å². The number of rotatable bonds is 12. The maximum atomic E-state index is 12.3. The van der Waals surface area contributed by atoms with E-state index < -0.39 is 18.5 Å². The number of hydrogen-bond donors (Lipinski definition) is 2. The molecule has 2 amide bonds. The molecule has 0 aliphatic heterocycles. The highest BCUT2D eigenvalue weighted by Gasteiger charge is 2.14. The van der Waals surface area contributed by atoms with Crippen molar-refractivity contribution in [2.75, 3.05) is 31.5 Å². The Balaban J connectivity index is 1.36. The molecule has 0 fully saturated rings. The van der Waals surface area contributed by atoms with Gasteiger partial charge < -0.3 is 29.6 Å². The zero-order valence-electron chi connectivity index (χ0n) is 23.5. The van der Waals surface area contributed by atoms with Gasteiger partial charge in [-0.2, -0.15) is 0 Å². The van der Waals surface area contributed by atoms with Crippen LogP contribution in [0.5, 0.6) is 23.0 Å². The summed E-state index contributed by atoms with van der Waals surface area (Å²) in [6, 6.07) is 20.0. The summed E-state index contributed by atoms with van der Waals surface area (Å²) in [5.74, 6) is 1.04. The van der Waals surface area contributed by atoms with E-state index in [2.05, 4.69) is 31.4 Å². The van der Waals surface area contributed by atoms with Gasteiger partial charge in [-0.3, -0.25) is 14.4 Å². The highest BCUT2D eigenvalue weighted by Crippen LogP contribution is 2.29. The molecule has 0 unspecified atom stereocenters. The molecule has 2 N–H and O–H groups in total. The van der Waals surface area contributed by atoms with Crippen LogP contribution >= 0.6 is 0 Å². The Morgan fingerprint density at radius 2 is 1.35 bits per heavy atom. The van der Waals surface area contributed by atoms with E-state index in [1.54, 1.807) is 42.5 Å². The van der Waals surface area contributed by atoms with E-state index in [1.165, 1.54) is 19.8 Å². The number of esters is 1. The first-order valence-corrected chi connectivity index (χ1v) is 12.9. The van der Waals surface area contributed by atoms with Gasteiger partial charge >= 0.3 is 5.97 Å². The van der Waals surface area contributed by atoms with E-state index in [0.29, 0.717) is 28.6 Å². The van der Waals surface area contributed by atoms with Crippen LogP contribution in [0, 0.1) is 0 Å². The molecule has 0 saturated carbocycles. The lowest BCUT2D eigenvalue weighted by Gasteiger charge is -2.19. The smallest absolute Gasteiger partial charge is 0.306 e. The Morgan fingerprint density at radius 1 is 0.725 bits per heavy atom. The fourth-order valence-electron chi connectivity index (χ4n) is 3.70. The fraction of sp³-hybridized carbons (Fsp3) is 0.323. The van der Waals surface area contributed by atoms with E-state index in [0.717, 1.165) is 5.75 Å². The van der Waals surface area contributed by atoms with Gasteiger partial charge in [-0.05, 0) is 65.9 Å². The summed E-state index contributed by atoms with van der Waals surface area (Å²) in [5.41, 5.74) is 2.31. The summed E-state index contributed by atoms with van der Waals surface area (Å²) >= 11 is 0. The van der Waals surface area contributed by atoms with Crippen LogP contribution in [0.25, 0.3) is 0 Å². The third-order valence-corrected chi connectivity index (χ3v) is 5.92. The van der Waals surface area contributed by atoms with Gasteiger partial charge in [-0.1, -0.05) is 32.9 Å². The Kier molecular flexibility index (Phi) is 10.5. The van der Waals surface area contributed by atoms with Gasteiger partial charge in [0.2, 0.25) is 5.91 Å². The molecule has 3 rings (SSSR count). The molecule has 9 nitrogen and oxygen atoms in total. The first kappa shape index (κ1) is 30.0. The number of carbonyl (C=O) groups is 3. The number of amides is 2. The number of carbonyl (C=O) groups excluding carboxylic acids is 3. The summed E-state index contributed by atoms with van der Waals surface area (Å²) in [4.78, 5) is 36.5. The first-order chi connectivity index (χ1) is 19.1. The topological polar surface area (TPSA) is 112 Å². The van der Waals surface area contributed by atoms with Gasteiger partial charge in [0.25, 0.3) is 5.91 Å². The van der Waals surface area contributed by atoms with Crippen LogP contribution < -0.4 is 24.8 Å². The zero-order chi connectivity index (χ0) is 29.1. The molecule has 40 heavy (non-hydrogen) atoms. The minimum atomic E-state index is -0.572. The predicted molar refractivity (Wildman–Crippen MR) is 153 cm³/mol. The first-order valence-electron chi connectivity index (χ1n) is 12.9. The van der Waals surface area contributed by atoms with E-state index >= 15 is 0 Å². The average Bonchev–Trinajstić information content (AvgIpc) is 2.92. The van der Waals surface area contributed by atoms with Gasteiger partial charge in [0.1, 0.15) is 23.0 Å². The number of hydrogen-bond acceptors (Lipinski definition) is 7. The quantitative estimate of drug-likeness (QED) is 0.264. The van der Waals surface area contributed by atoms with Crippen molar-refractivity contribution in [1.29, 1.82) is 0 Å². The van der Waals surface area contributed by atoms with E-state index in [1.807, 2.05) is 24.3 Å². The molecule has 0 bridgehead atoms. The molecule has 3 aromatic carbocycles. The molecule has 0 aliphatic carbocycles. The molecule has 212 valence electrons. The van der Waals surface area contributed by atoms with E-state index in [4.69, 9.17) is 18.9 Å². The van der Waals surface area contributed by atoms with Crippen LogP contribution in [0.3, 0.4) is 0 Å². The summed E-state index contributed by atoms with van der Waals surface area (Å²) in [6.45, 7) is 6.02. The van der Waals surface area contributed by atoms with Crippen LogP contribution in [-0.2, 0) is 24.5 Å². The second-order valence-electron chi connectivity index (χ2n) is 10.1. The zero-order valence-corrected chi connectivity index (χ0v) is 23.5. The second kappa shape index (κ2) is 14.0. The van der Waals surface area contributed by atoms with Crippen molar-refractivity contribution in [2.45, 2.75) is 45.4 Å². The SMILES string of the molecule is COc1ccc(OC)c(NC(=O)COC(=O)CCCC(=O)Nc2ccc(Oc3ccc(C(C)(C)C)cc3)cc2)c1. The molecule has 0 spiro atoms. The van der Waals surface area contributed by atoms with Gasteiger partial charge in [0.05, 0.1) is 19.9 Å². The van der Waals surface area contributed by atoms with Crippen LogP contribution in [0.2, 0.25) is 0 Å². The third-order valence-electron chi connectivity index (χ3n) is 5.92. The Hall–Kier alpha value is -4.53. The van der Waals surface area contributed by atoms with Gasteiger partial charge in [0.15, 0.2) is 6.61 Å². The Morgan fingerprint density at radius 3 is 1.95 bits per heavy atom. The molecule has 0 atom stereocenters. The monoisotopic (exact) mass is 548 g/mol. The second-order valence-corrected chi connectivity index (χ2v) is 10.1. The highest BCUT2D eigenvalue weighted by atomic mass is 16.5. The van der Waals surface area contributed by atoms with Crippen molar-refractivity contribution in [1.82, 2.24) is 0 Å². The highest BCUT2D eigenvalue weighted by molar-refractivity contribution is 5.94. The largest absolute Gasteiger partial charge is 0.497 e. The average molecular weight is 549 g/mol. The van der Waals surface area contributed by atoms with E-state index in [-0.39, 0.29) is 30.6 Å². The Bertz CT molecular complexity index is 1300. The summed E-state index contributed by atoms with van der Waals surface area (Å²) in [7, 11) is 2.99. The van der Waals surface area contributed by atoms with Gasteiger partial charge in [-0.25, -0.2) is 0 Å². The molecular weight excluding hydrogens is 512 g/mol. The van der Waals surface area contributed by atoms with Crippen molar-refractivity contribution in [3.8, 4) is 23.0 Å². The molecule has 0 aliphatic rings. The normalized spacial score (nSPS) is 10.8. The molecule has 0 aromatic heterocycles. The molecule has 0 heterocycles. The van der Waals surface area contributed by atoms with Crippen molar-refractivity contribution >= 4 is 29.2 Å². The minimum Gasteiger partial charge on any atom is -0.497 e. The van der Waals surface area contributed by atoms with Gasteiger partial charge in [-0.15, -0.1) is 0 Å². The number of anilines is 2. The molecule has 0 saturated heterocycles. The number of methoxy groups -OCH3 is 2. The molecule has 3 aromatic rings. The molecular formula is C31H36N2O7. The Labute approximate surface area is 234 Å². The molecule has 0 radical (unpaired) electrons. The predicted octanol–water partition coefficient (Wildman–Crippen LogP) is 6.08. The summed E-state index contributed by atoms with van der Waals surface area (Å²) < 4.78 is 21.3. The maximum Gasteiger partial charge on any atom is 0.306 e.